The molecule has 0 aliphatic carbocycles. The van der Waals surface area contributed by atoms with Crippen LogP contribution in [0.2, 0.25) is 0 Å². The Balaban J connectivity index is 2.24. The number of nitrogens with zero attached hydrogens (tertiary/aromatic N) is 1. The van der Waals surface area contributed by atoms with Crippen LogP contribution >= 0.6 is 0 Å². The average Bonchev–Trinajstić information content (AvgIpc) is 2.36. The maximum Gasteiger partial charge on any atom is 0.139 e. The molecule has 0 saturated heterocycles. The minimum absolute atomic E-state index is 0.155. The van der Waals surface area contributed by atoms with Gasteiger partial charge >= 0.3 is 0 Å². The van der Waals surface area contributed by atoms with Crippen molar-refractivity contribution in [2.45, 2.75) is 26.9 Å². The van der Waals surface area contributed by atoms with Crippen LogP contribution in [0.1, 0.15) is 32.4 Å². The van der Waals surface area contributed by atoms with E-state index in [1.54, 1.807) is 6.07 Å². The molecule has 2 rings (SSSR count). The molecular weight excluding hydrogens is 243 g/mol. The molecule has 1 aromatic rings. The van der Waals surface area contributed by atoms with Gasteiger partial charge in [0.25, 0.3) is 0 Å². The van der Waals surface area contributed by atoms with Gasteiger partial charge in [-0.2, -0.15) is 0 Å². The Bertz CT molecular complexity index is 471. The van der Waals surface area contributed by atoms with Crippen LogP contribution in [0.25, 0.3) is 0 Å². The topological polar surface area (TPSA) is 33.6 Å². The van der Waals surface area contributed by atoms with E-state index in [1.165, 1.54) is 12.1 Å². The molecule has 0 amide bonds. The number of hydrogen-bond donors (Lipinski definition) is 1. The van der Waals surface area contributed by atoms with Gasteiger partial charge < -0.3 is 10.1 Å². The zero-order valence-electron chi connectivity index (χ0n) is 11.7. The molecule has 0 spiro atoms. The van der Waals surface area contributed by atoms with Crippen molar-refractivity contribution in [3.8, 4) is 0 Å². The van der Waals surface area contributed by atoms with Gasteiger partial charge in [-0.05, 0) is 24.6 Å². The van der Waals surface area contributed by atoms with Gasteiger partial charge in [-0.3, -0.25) is 4.99 Å². The van der Waals surface area contributed by atoms with Crippen LogP contribution in [0.4, 0.5) is 4.39 Å². The Labute approximate surface area is 113 Å². The maximum atomic E-state index is 13.3. The largest absolute Gasteiger partial charge is 0.371 e. The van der Waals surface area contributed by atoms with Crippen molar-refractivity contribution in [2.24, 2.45) is 10.4 Å². The standard InChI is InChI=1S/C15H21FN2O/c1-4-19-13(11-6-5-7-12(16)8-11)14-17-9-15(2,3)10-18-14/h5-8,13H,4,9-10H2,1-3H3,(H,17,18)/t13-/m1/s1. The van der Waals surface area contributed by atoms with Crippen LogP contribution in [-0.2, 0) is 4.74 Å². The summed E-state index contributed by atoms with van der Waals surface area (Å²) in [6.45, 7) is 8.43. The Morgan fingerprint density at radius 3 is 2.84 bits per heavy atom. The lowest BCUT2D eigenvalue weighted by Crippen LogP contribution is -2.43. The van der Waals surface area contributed by atoms with Gasteiger partial charge in [0, 0.05) is 25.1 Å². The Hall–Kier alpha value is -1.42. The van der Waals surface area contributed by atoms with Crippen molar-refractivity contribution in [2.75, 3.05) is 19.7 Å². The summed E-state index contributed by atoms with van der Waals surface area (Å²) in [5, 5.41) is 3.31. The van der Waals surface area contributed by atoms with E-state index in [-0.39, 0.29) is 17.3 Å². The predicted octanol–water partition coefficient (Wildman–Crippen LogP) is 2.93. The predicted molar refractivity (Wildman–Crippen MR) is 74.9 cm³/mol. The first-order chi connectivity index (χ1) is 9.02. The van der Waals surface area contributed by atoms with Crippen LogP contribution in [-0.4, -0.2) is 25.5 Å². The zero-order valence-corrected chi connectivity index (χ0v) is 11.7. The second kappa shape index (κ2) is 5.70. The fourth-order valence-corrected chi connectivity index (χ4v) is 2.09. The molecule has 19 heavy (non-hydrogen) atoms. The van der Waals surface area contributed by atoms with Gasteiger partial charge in [0.2, 0.25) is 0 Å². The molecule has 104 valence electrons. The lowest BCUT2D eigenvalue weighted by atomic mass is 9.92. The zero-order chi connectivity index (χ0) is 13.9. The minimum Gasteiger partial charge on any atom is -0.371 e. The Kier molecular flexibility index (Phi) is 4.20. The summed E-state index contributed by atoms with van der Waals surface area (Å²) in [5.74, 6) is 0.547. The SMILES string of the molecule is CCO[C@@H](C1=NCC(C)(C)CN1)c1cccc(F)c1. The first-order valence-corrected chi connectivity index (χ1v) is 6.67. The van der Waals surface area contributed by atoms with Gasteiger partial charge in [0.05, 0.1) is 0 Å². The minimum atomic E-state index is -0.309. The second-order valence-electron chi connectivity index (χ2n) is 5.61. The first kappa shape index (κ1) is 14.0. The molecule has 0 aromatic heterocycles. The molecule has 1 N–H and O–H groups in total. The summed E-state index contributed by atoms with van der Waals surface area (Å²) < 4.78 is 19.1. The van der Waals surface area contributed by atoms with Gasteiger partial charge in [0.1, 0.15) is 17.8 Å². The van der Waals surface area contributed by atoms with Gasteiger partial charge in [-0.25, -0.2) is 4.39 Å². The van der Waals surface area contributed by atoms with Crippen LogP contribution in [0.5, 0.6) is 0 Å². The van der Waals surface area contributed by atoms with Crippen molar-refractivity contribution in [3.05, 3.63) is 35.6 Å². The van der Waals surface area contributed by atoms with Crippen molar-refractivity contribution in [1.82, 2.24) is 5.32 Å². The number of ether oxygens (including phenoxy) is 1. The molecule has 1 aliphatic heterocycles. The van der Waals surface area contributed by atoms with E-state index in [1.807, 2.05) is 13.0 Å². The molecule has 4 heteroatoms. The summed E-state index contributed by atoms with van der Waals surface area (Å²) in [5.41, 5.74) is 0.954. The molecule has 0 saturated carbocycles. The summed E-state index contributed by atoms with van der Waals surface area (Å²) in [7, 11) is 0. The molecular formula is C15H21FN2O. The van der Waals surface area contributed by atoms with Crippen LogP contribution in [0.3, 0.4) is 0 Å². The molecule has 1 heterocycles. The second-order valence-corrected chi connectivity index (χ2v) is 5.61. The van der Waals surface area contributed by atoms with Gasteiger partial charge in [-0.15, -0.1) is 0 Å². The molecule has 1 aliphatic rings. The maximum absolute atomic E-state index is 13.3. The average molecular weight is 264 g/mol. The highest BCUT2D eigenvalue weighted by Crippen LogP contribution is 2.24. The number of amidine groups is 1. The smallest absolute Gasteiger partial charge is 0.139 e. The van der Waals surface area contributed by atoms with E-state index in [4.69, 9.17) is 4.74 Å². The Morgan fingerprint density at radius 1 is 1.47 bits per heavy atom. The van der Waals surface area contributed by atoms with Gasteiger partial charge in [0.15, 0.2) is 0 Å². The monoisotopic (exact) mass is 264 g/mol. The molecule has 3 nitrogen and oxygen atoms in total. The molecule has 1 aromatic carbocycles. The highest BCUT2D eigenvalue weighted by atomic mass is 19.1. The highest BCUT2D eigenvalue weighted by molar-refractivity contribution is 5.88. The number of nitrogens with one attached hydrogen (secondary N) is 1. The van der Waals surface area contributed by atoms with E-state index >= 15 is 0 Å². The van der Waals surface area contributed by atoms with E-state index in [2.05, 4.69) is 24.2 Å². The summed E-state index contributed by atoms with van der Waals surface area (Å²) >= 11 is 0. The third-order valence-corrected chi connectivity index (χ3v) is 3.16. The molecule has 0 bridgehead atoms. The van der Waals surface area contributed by atoms with E-state index < -0.39 is 0 Å². The number of aliphatic imine (C=N–C) groups is 1. The van der Waals surface area contributed by atoms with E-state index in [9.17, 15) is 4.39 Å². The van der Waals surface area contributed by atoms with Crippen molar-refractivity contribution >= 4 is 5.84 Å². The molecule has 0 unspecified atom stereocenters. The molecule has 0 fully saturated rings. The summed E-state index contributed by atoms with van der Waals surface area (Å²) in [6, 6.07) is 6.51. The Morgan fingerprint density at radius 2 is 2.26 bits per heavy atom. The van der Waals surface area contributed by atoms with Crippen LogP contribution < -0.4 is 5.32 Å². The number of hydrogen-bond acceptors (Lipinski definition) is 3. The van der Waals surface area contributed by atoms with Crippen molar-refractivity contribution < 1.29 is 9.13 Å². The molecule has 0 radical (unpaired) electrons. The van der Waals surface area contributed by atoms with Crippen LogP contribution in [0.15, 0.2) is 29.3 Å². The van der Waals surface area contributed by atoms with Crippen molar-refractivity contribution in [3.63, 3.8) is 0 Å². The molecule has 1 atom stereocenters. The highest BCUT2D eigenvalue weighted by Gasteiger charge is 2.27. The third-order valence-electron chi connectivity index (χ3n) is 3.16. The van der Waals surface area contributed by atoms with Gasteiger partial charge in [-0.1, -0.05) is 26.0 Å². The quantitative estimate of drug-likeness (QED) is 0.907. The normalized spacial score (nSPS) is 19.5. The van der Waals surface area contributed by atoms with Crippen LogP contribution in [0, 0.1) is 11.2 Å². The van der Waals surface area contributed by atoms with Crippen molar-refractivity contribution in [1.29, 1.82) is 0 Å². The number of halogens is 1. The fourth-order valence-electron chi connectivity index (χ4n) is 2.09. The number of benzene rings is 1. The lowest BCUT2D eigenvalue weighted by Gasteiger charge is -2.32. The lowest BCUT2D eigenvalue weighted by molar-refractivity contribution is 0.105. The third kappa shape index (κ3) is 3.53. The van der Waals surface area contributed by atoms with E-state index in [0.717, 1.165) is 24.5 Å². The summed E-state index contributed by atoms with van der Waals surface area (Å²) in [4.78, 5) is 4.57. The fraction of sp³-hybridized carbons (Fsp3) is 0.533. The first-order valence-electron chi connectivity index (χ1n) is 6.67. The number of rotatable bonds is 4. The summed E-state index contributed by atoms with van der Waals surface area (Å²) in [6.07, 6.45) is -0.309. The van der Waals surface area contributed by atoms with E-state index in [0.29, 0.717) is 6.61 Å².